The van der Waals surface area contributed by atoms with Crippen molar-refractivity contribution in [3.63, 3.8) is 0 Å². The van der Waals surface area contributed by atoms with Crippen LogP contribution in [0.5, 0.6) is 0 Å². The van der Waals surface area contributed by atoms with Gasteiger partial charge < -0.3 is 9.64 Å². The van der Waals surface area contributed by atoms with Crippen LogP contribution in [-0.2, 0) is 19.1 Å². The van der Waals surface area contributed by atoms with E-state index in [1.807, 2.05) is 26.0 Å². The van der Waals surface area contributed by atoms with Crippen molar-refractivity contribution in [2.24, 2.45) is 50.2 Å². The number of ether oxygens (including phenoxy) is 1. The molecule has 5 aliphatic rings. The van der Waals surface area contributed by atoms with Gasteiger partial charge in [0, 0.05) is 23.3 Å². The lowest BCUT2D eigenvalue weighted by atomic mass is 9.34. The maximum absolute atomic E-state index is 14.5. The normalized spacial score (nSPS) is 43.3. The van der Waals surface area contributed by atoms with Gasteiger partial charge in [-0.2, -0.15) is 5.26 Å². The molecule has 0 aromatic carbocycles. The van der Waals surface area contributed by atoms with Crippen LogP contribution in [0.1, 0.15) is 107 Å². The number of Topliss-reactive ketones (excluding diaryl/α,β-unsaturated/α-hetero) is 1. The molecule has 0 unspecified atom stereocenters. The molecule has 0 aromatic heterocycles. The molecule has 8 atom stereocenters. The van der Waals surface area contributed by atoms with Gasteiger partial charge in [0.2, 0.25) is 0 Å². The largest absolute Gasteiger partial charge is 0.464 e. The Hall–Kier alpha value is -2.26. The molecule has 0 saturated heterocycles. The fourth-order valence-corrected chi connectivity index (χ4v) is 11.0. The molecular weight excluding hydrogens is 536 g/mol. The summed E-state index contributed by atoms with van der Waals surface area (Å²) in [5, 5.41) is 9.94. The van der Waals surface area contributed by atoms with Gasteiger partial charge in [0.1, 0.15) is 12.7 Å². The quantitative estimate of drug-likeness (QED) is 0.307. The Morgan fingerprint density at radius 1 is 1.00 bits per heavy atom. The van der Waals surface area contributed by atoms with Crippen LogP contribution in [0.4, 0.5) is 0 Å². The van der Waals surface area contributed by atoms with E-state index in [-0.39, 0.29) is 57.1 Å². The molecule has 0 heterocycles. The van der Waals surface area contributed by atoms with Crippen molar-refractivity contribution in [3.8, 4) is 6.07 Å². The van der Waals surface area contributed by atoms with Crippen molar-refractivity contribution in [1.82, 2.24) is 4.90 Å². The number of hydrogen-bond acceptors (Lipinski definition) is 6. The van der Waals surface area contributed by atoms with Crippen LogP contribution >= 0.6 is 0 Å². The third-order valence-corrected chi connectivity index (χ3v) is 14.1. The first-order chi connectivity index (χ1) is 20.0. The molecule has 6 heteroatoms. The summed E-state index contributed by atoms with van der Waals surface area (Å²) >= 11 is 0. The van der Waals surface area contributed by atoms with Crippen LogP contribution < -0.4 is 0 Å². The Labute approximate surface area is 259 Å². The molecule has 0 aliphatic heterocycles. The lowest BCUT2D eigenvalue weighted by Crippen LogP contribution is -2.65. The number of fused-ring (bicyclic) bond motifs is 7. The maximum atomic E-state index is 14.5. The first-order valence-corrected chi connectivity index (χ1v) is 16.8. The number of rotatable bonds is 6. The summed E-state index contributed by atoms with van der Waals surface area (Å²) in [4.78, 5) is 43.7. The molecule has 5 aliphatic carbocycles. The predicted octanol–water partition coefficient (Wildman–Crippen LogP) is 7.09. The third-order valence-electron chi connectivity index (χ3n) is 14.1. The second kappa shape index (κ2) is 10.4. The third kappa shape index (κ3) is 4.45. The highest BCUT2D eigenvalue weighted by Crippen LogP contribution is 2.74. The van der Waals surface area contributed by atoms with Crippen LogP contribution in [0.3, 0.4) is 0 Å². The summed E-state index contributed by atoms with van der Waals surface area (Å²) in [5.41, 5.74) is -0.868. The number of allylic oxidation sites excluding steroid dienone is 4. The molecule has 6 nitrogen and oxygen atoms in total. The second-order valence-corrected chi connectivity index (χ2v) is 16.5. The lowest BCUT2D eigenvalue weighted by Gasteiger charge is -2.69. The lowest BCUT2D eigenvalue weighted by molar-refractivity contribution is -0.173. The van der Waals surface area contributed by atoms with Crippen molar-refractivity contribution >= 4 is 17.5 Å². The van der Waals surface area contributed by atoms with E-state index in [0.717, 1.165) is 58.2 Å². The molecule has 3 fully saturated rings. The molecule has 0 spiro atoms. The summed E-state index contributed by atoms with van der Waals surface area (Å²) in [5.74, 6) is -0.208. The molecule has 3 saturated carbocycles. The van der Waals surface area contributed by atoms with E-state index in [4.69, 9.17) is 4.74 Å². The number of carbonyl (C=O) groups excluding carboxylic acids is 3. The van der Waals surface area contributed by atoms with Crippen LogP contribution in [0.15, 0.2) is 23.3 Å². The van der Waals surface area contributed by atoms with Gasteiger partial charge in [-0.05, 0) is 99.1 Å². The molecule has 236 valence electrons. The molecule has 0 N–H and O–H groups in total. The van der Waals surface area contributed by atoms with Gasteiger partial charge in [-0.15, -0.1) is 0 Å². The molecule has 0 amide bonds. The van der Waals surface area contributed by atoms with E-state index in [0.29, 0.717) is 13.0 Å². The fraction of sp³-hybridized carbons (Fsp3) is 0.784. The van der Waals surface area contributed by atoms with Crippen LogP contribution in [-0.4, -0.2) is 48.7 Å². The Balaban J connectivity index is 1.51. The van der Waals surface area contributed by atoms with E-state index in [9.17, 15) is 19.6 Å². The molecule has 0 bridgehead atoms. The highest BCUT2D eigenvalue weighted by molar-refractivity contribution is 6.05. The van der Waals surface area contributed by atoms with E-state index >= 15 is 0 Å². The zero-order valence-corrected chi connectivity index (χ0v) is 28.2. The topological polar surface area (TPSA) is 87.5 Å². The summed E-state index contributed by atoms with van der Waals surface area (Å²) < 4.78 is 5.91. The standard InChI is InChI=1S/C37H54N2O4/c1-10-39(11-2)18-19-43-31(42)34(6)15-14-33(5)16-17-36(8)25(26(33)22-34)20-27(40)29-35(7)21-24(23-38)30(41)32(3,4)28(35)12-13-37(29,36)9/h20-21,26,28-29H,10-19,22H2,1-9H3/t26-,28-,29+,33+,34-,35-,36+,37+/m0/s1. The van der Waals surface area contributed by atoms with Gasteiger partial charge in [0.05, 0.1) is 11.0 Å². The first kappa shape index (κ1) is 32.1. The van der Waals surface area contributed by atoms with Gasteiger partial charge in [0.15, 0.2) is 11.6 Å². The Morgan fingerprint density at radius 3 is 2.28 bits per heavy atom. The number of hydrogen-bond donors (Lipinski definition) is 0. The van der Waals surface area contributed by atoms with Gasteiger partial charge >= 0.3 is 5.97 Å². The number of ketones is 2. The average Bonchev–Trinajstić information content (AvgIpc) is 2.95. The zero-order valence-electron chi connectivity index (χ0n) is 28.2. The maximum Gasteiger partial charge on any atom is 0.311 e. The van der Waals surface area contributed by atoms with Gasteiger partial charge in [-0.1, -0.05) is 67.0 Å². The fourth-order valence-electron chi connectivity index (χ4n) is 11.0. The van der Waals surface area contributed by atoms with Crippen molar-refractivity contribution in [1.29, 1.82) is 5.26 Å². The minimum atomic E-state index is -0.691. The zero-order chi connectivity index (χ0) is 31.8. The monoisotopic (exact) mass is 590 g/mol. The molecule has 0 radical (unpaired) electrons. The minimum absolute atomic E-state index is 0.00288. The summed E-state index contributed by atoms with van der Waals surface area (Å²) in [6.45, 7) is 22.5. The number of nitriles is 1. The number of esters is 1. The smallest absolute Gasteiger partial charge is 0.311 e. The SMILES string of the molecule is CCN(CC)CCOC(=O)[C@@]1(C)CC[C@]2(C)CC[C@]3(C)C(=CC(=O)[C@@H]4[C@@]5(C)C=C(C#N)C(=O)C(C)(C)[C@@H]5CC[C@]43C)[C@@H]2C1. The predicted molar refractivity (Wildman–Crippen MR) is 168 cm³/mol. The van der Waals surface area contributed by atoms with Crippen LogP contribution in [0.25, 0.3) is 0 Å². The average molecular weight is 591 g/mol. The number of likely N-dealkylation sites (N-methyl/N-ethyl adjacent to an activating group) is 1. The van der Waals surface area contributed by atoms with E-state index in [1.54, 1.807) is 0 Å². The van der Waals surface area contributed by atoms with Crippen molar-refractivity contribution < 1.29 is 19.1 Å². The van der Waals surface area contributed by atoms with Crippen molar-refractivity contribution in [2.45, 2.75) is 107 Å². The first-order valence-electron chi connectivity index (χ1n) is 16.8. The van der Waals surface area contributed by atoms with E-state index < -0.39 is 16.2 Å². The van der Waals surface area contributed by atoms with E-state index in [1.165, 1.54) is 5.57 Å². The van der Waals surface area contributed by atoms with Crippen LogP contribution in [0, 0.1) is 61.6 Å². The van der Waals surface area contributed by atoms with Gasteiger partial charge in [-0.25, -0.2) is 0 Å². The molecule has 5 rings (SSSR count). The Morgan fingerprint density at radius 2 is 1.65 bits per heavy atom. The van der Waals surface area contributed by atoms with E-state index in [2.05, 4.69) is 59.4 Å². The highest BCUT2D eigenvalue weighted by Gasteiger charge is 2.70. The highest BCUT2D eigenvalue weighted by atomic mass is 16.5. The van der Waals surface area contributed by atoms with Crippen molar-refractivity contribution in [2.75, 3.05) is 26.2 Å². The number of nitrogens with zero attached hydrogens (tertiary/aromatic N) is 2. The Bertz CT molecular complexity index is 1320. The van der Waals surface area contributed by atoms with Gasteiger partial charge in [0.25, 0.3) is 0 Å². The summed E-state index contributed by atoms with van der Waals surface area (Å²) in [7, 11) is 0. The van der Waals surface area contributed by atoms with Crippen LogP contribution in [0.2, 0.25) is 0 Å². The van der Waals surface area contributed by atoms with Gasteiger partial charge in [-0.3, -0.25) is 14.4 Å². The Kier molecular flexibility index (Phi) is 7.77. The minimum Gasteiger partial charge on any atom is -0.464 e. The van der Waals surface area contributed by atoms with Crippen molar-refractivity contribution in [3.05, 3.63) is 23.3 Å². The molecule has 43 heavy (non-hydrogen) atoms. The molecule has 0 aromatic rings. The number of carbonyl (C=O) groups is 3. The molecular formula is C37H54N2O4. The summed E-state index contributed by atoms with van der Waals surface area (Å²) in [6, 6.07) is 2.18. The second-order valence-electron chi connectivity index (χ2n) is 16.5. The summed E-state index contributed by atoms with van der Waals surface area (Å²) in [6.07, 6.45) is 10.1.